The maximum atomic E-state index is 14.0. The molecule has 3 saturated carbocycles. The van der Waals surface area contributed by atoms with Crippen LogP contribution in [0.1, 0.15) is 75.7 Å². The Morgan fingerprint density at radius 2 is 1.35 bits per heavy atom. The summed E-state index contributed by atoms with van der Waals surface area (Å²) in [5.41, 5.74) is 1.14. The molecule has 0 amide bonds. The summed E-state index contributed by atoms with van der Waals surface area (Å²) in [5, 5.41) is 0.628. The highest BCUT2D eigenvalue weighted by atomic mass is 19.2. The van der Waals surface area contributed by atoms with E-state index in [1.807, 2.05) is 12.1 Å². The van der Waals surface area contributed by atoms with E-state index < -0.39 is 17.5 Å². The van der Waals surface area contributed by atoms with E-state index in [1.165, 1.54) is 51.4 Å². The molecule has 0 saturated heterocycles. The summed E-state index contributed by atoms with van der Waals surface area (Å²) in [6, 6.07) is 6.53. The maximum absolute atomic E-state index is 14.0. The van der Waals surface area contributed by atoms with Gasteiger partial charge in [0.05, 0.1) is 0 Å². The first-order valence-corrected chi connectivity index (χ1v) is 12.2. The number of fused-ring (bicyclic) bond motifs is 2. The minimum Gasteiger partial charge on any atom is -0.204 e. The van der Waals surface area contributed by atoms with Gasteiger partial charge in [-0.25, -0.2) is 13.2 Å². The van der Waals surface area contributed by atoms with Crippen molar-refractivity contribution < 1.29 is 13.2 Å². The molecule has 0 spiro atoms. The zero-order chi connectivity index (χ0) is 21.5. The molecule has 4 atom stereocenters. The lowest BCUT2D eigenvalue weighted by atomic mass is 9.61. The van der Waals surface area contributed by atoms with Gasteiger partial charge in [0.1, 0.15) is 0 Å². The van der Waals surface area contributed by atoms with Crippen LogP contribution in [0.5, 0.6) is 0 Å². The van der Waals surface area contributed by atoms with E-state index in [9.17, 15) is 13.2 Å². The molecular formula is C28H33F3. The molecule has 31 heavy (non-hydrogen) atoms. The first kappa shape index (κ1) is 21.1. The van der Waals surface area contributed by atoms with E-state index >= 15 is 0 Å². The predicted molar refractivity (Wildman–Crippen MR) is 120 cm³/mol. The second-order valence-corrected chi connectivity index (χ2v) is 10.5. The number of hydrogen-bond donors (Lipinski definition) is 0. The Labute approximate surface area is 183 Å². The molecular weight excluding hydrogens is 393 g/mol. The van der Waals surface area contributed by atoms with E-state index in [4.69, 9.17) is 0 Å². The van der Waals surface area contributed by atoms with Crippen LogP contribution in [0.15, 0.2) is 36.9 Å². The maximum Gasteiger partial charge on any atom is 0.195 e. The molecule has 2 aromatic rings. The van der Waals surface area contributed by atoms with Crippen LogP contribution < -0.4 is 0 Å². The Morgan fingerprint density at radius 3 is 2.10 bits per heavy atom. The van der Waals surface area contributed by atoms with Crippen LogP contribution in [0.25, 0.3) is 10.8 Å². The average Bonchev–Trinajstić information content (AvgIpc) is 2.81. The van der Waals surface area contributed by atoms with Gasteiger partial charge in [-0.3, -0.25) is 0 Å². The molecule has 0 nitrogen and oxygen atoms in total. The number of hydrogen-bond acceptors (Lipinski definition) is 0. The van der Waals surface area contributed by atoms with Crippen LogP contribution in [0.4, 0.5) is 13.2 Å². The third-order valence-corrected chi connectivity index (χ3v) is 8.93. The summed E-state index contributed by atoms with van der Waals surface area (Å²) in [6.07, 6.45) is 15.3. The normalized spacial score (nSPS) is 33.8. The van der Waals surface area contributed by atoms with E-state index in [0.29, 0.717) is 11.3 Å². The zero-order valence-corrected chi connectivity index (χ0v) is 18.3. The molecule has 4 unspecified atom stereocenters. The van der Waals surface area contributed by atoms with Gasteiger partial charge >= 0.3 is 0 Å². The van der Waals surface area contributed by atoms with Gasteiger partial charge in [-0.1, -0.05) is 24.3 Å². The Kier molecular flexibility index (Phi) is 5.88. The van der Waals surface area contributed by atoms with Crippen molar-refractivity contribution >= 4 is 10.8 Å². The van der Waals surface area contributed by atoms with Gasteiger partial charge in [-0.2, -0.15) is 0 Å². The van der Waals surface area contributed by atoms with E-state index in [-0.39, 0.29) is 5.39 Å². The molecule has 0 radical (unpaired) electrons. The van der Waals surface area contributed by atoms with Crippen molar-refractivity contribution in [3.8, 4) is 0 Å². The second kappa shape index (κ2) is 8.64. The third kappa shape index (κ3) is 4.05. The van der Waals surface area contributed by atoms with Crippen LogP contribution in [0.3, 0.4) is 0 Å². The predicted octanol–water partition coefficient (Wildman–Crippen LogP) is 8.55. The summed E-state index contributed by atoms with van der Waals surface area (Å²) in [7, 11) is 0. The SMILES string of the molecule is C=CC1CCC2CC(C3CCC(c4ccc5c(F)c(F)c(F)cc5c4)CC3)CCC2C1. The van der Waals surface area contributed by atoms with Gasteiger partial charge in [0, 0.05) is 5.39 Å². The van der Waals surface area contributed by atoms with Crippen molar-refractivity contribution in [1.82, 2.24) is 0 Å². The summed E-state index contributed by atoms with van der Waals surface area (Å²) < 4.78 is 41.2. The van der Waals surface area contributed by atoms with Crippen LogP contribution in [-0.2, 0) is 0 Å². The highest BCUT2D eigenvalue weighted by Crippen LogP contribution is 2.50. The molecule has 0 aromatic heterocycles. The van der Waals surface area contributed by atoms with Gasteiger partial charge in [0.15, 0.2) is 17.5 Å². The summed E-state index contributed by atoms with van der Waals surface area (Å²) >= 11 is 0. The molecule has 3 aliphatic carbocycles. The van der Waals surface area contributed by atoms with Gasteiger partial charge in [0.2, 0.25) is 0 Å². The fourth-order valence-electron chi connectivity index (χ4n) is 7.11. The summed E-state index contributed by atoms with van der Waals surface area (Å²) in [4.78, 5) is 0. The van der Waals surface area contributed by atoms with Crippen molar-refractivity contribution in [3.63, 3.8) is 0 Å². The van der Waals surface area contributed by atoms with Gasteiger partial charge in [-0.05, 0) is 117 Å². The molecule has 0 bridgehead atoms. The molecule has 0 aliphatic heterocycles. The van der Waals surface area contributed by atoms with Crippen LogP contribution in [0.2, 0.25) is 0 Å². The molecule has 166 valence electrons. The largest absolute Gasteiger partial charge is 0.204 e. The lowest BCUT2D eigenvalue weighted by molar-refractivity contribution is 0.0719. The van der Waals surface area contributed by atoms with Crippen molar-refractivity contribution in [2.75, 3.05) is 0 Å². The van der Waals surface area contributed by atoms with E-state index in [1.54, 1.807) is 6.07 Å². The van der Waals surface area contributed by atoms with Crippen molar-refractivity contribution in [3.05, 3.63) is 59.9 Å². The number of benzene rings is 2. The van der Waals surface area contributed by atoms with E-state index in [0.717, 1.165) is 54.1 Å². The lowest BCUT2D eigenvalue weighted by Crippen LogP contribution is -2.34. The lowest BCUT2D eigenvalue weighted by Gasteiger charge is -2.45. The zero-order valence-electron chi connectivity index (χ0n) is 18.3. The number of halogens is 3. The van der Waals surface area contributed by atoms with Crippen molar-refractivity contribution in [2.45, 2.75) is 70.1 Å². The summed E-state index contributed by atoms with van der Waals surface area (Å²) in [6.45, 7) is 4.02. The third-order valence-electron chi connectivity index (χ3n) is 8.93. The average molecular weight is 427 g/mol. The second-order valence-electron chi connectivity index (χ2n) is 10.5. The first-order chi connectivity index (χ1) is 15.0. The van der Waals surface area contributed by atoms with Gasteiger partial charge < -0.3 is 0 Å². The Balaban J connectivity index is 1.22. The number of allylic oxidation sites excluding steroid dienone is 1. The molecule has 3 fully saturated rings. The van der Waals surface area contributed by atoms with Crippen molar-refractivity contribution in [1.29, 1.82) is 0 Å². The highest BCUT2D eigenvalue weighted by molar-refractivity contribution is 5.84. The molecule has 3 aliphatic rings. The van der Waals surface area contributed by atoms with Crippen molar-refractivity contribution in [2.24, 2.45) is 29.6 Å². The van der Waals surface area contributed by atoms with Crippen LogP contribution in [-0.4, -0.2) is 0 Å². The Morgan fingerprint density at radius 1 is 0.710 bits per heavy atom. The summed E-state index contributed by atoms with van der Waals surface area (Å²) in [5.74, 6) is 1.18. The molecule has 0 heterocycles. The smallest absolute Gasteiger partial charge is 0.195 e. The molecule has 5 rings (SSSR count). The number of rotatable bonds is 3. The Hall–Kier alpha value is -1.77. The minimum absolute atomic E-state index is 0.166. The monoisotopic (exact) mass is 426 g/mol. The Bertz CT molecular complexity index is 956. The molecule has 3 heteroatoms. The highest BCUT2D eigenvalue weighted by Gasteiger charge is 2.38. The van der Waals surface area contributed by atoms with Crippen LogP contribution in [0, 0.1) is 47.0 Å². The molecule has 2 aromatic carbocycles. The fourth-order valence-corrected chi connectivity index (χ4v) is 7.11. The van der Waals surface area contributed by atoms with E-state index in [2.05, 4.69) is 12.7 Å². The topological polar surface area (TPSA) is 0 Å². The fraction of sp³-hybridized carbons (Fsp3) is 0.571. The standard InChI is InChI=1S/C28H33F3/c1-2-17-3-4-23-14-21(10-9-20(23)13-17)18-5-7-19(8-6-18)22-11-12-25-24(15-22)16-26(29)28(31)27(25)30/h2,11-12,15-21,23H,1,3-10,13-14H2. The van der Waals surface area contributed by atoms with Gasteiger partial charge in [0.25, 0.3) is 0 Å². The minimum atomic E-state index is -1.38. The first-order valence-electron chi connectivity index (χ1n) is 12.2. The van der Waals surface area contributed by atoms with Gasteiger partial charge in [-0.15, -0.1) is 6.58 Å². The van der Waals surface area contributed by atoms with Crippen LogP contribution >= 0.6 is 0 Å². The quantitative estimate of drug-likeness (QED) is 0.341. The molecule has 0 N–H and O–H groups in total.